The van der Waals surface area contributed by atoms with E-state index >= 15 is 0 Å². The maximum absolute atomic E-state index is 12.8. The van der Waals surface area contributed by atoms with E-state index in [0.717, 1.165) is 0 Å². The highest BCUT2D eigenvalue weighted by Gasteiger charge is 2.40. The molecule has 1 unspecified atom stereocenters. The van der Waals surface area contributed by atoms with Crippen LogP contribution in [0, 0.1) is 0 Å². The minimum absolute atomic E-state index is 0.0362. The number of halogens is 1. The van der Waals surface area contributed by atoms with Gasteiger partial charge in [-0.2, -0.15) is 0 Å². The topological polar surface area (TPSA) is 78.4 Å². The fourth-order valence-electron chi connectivity index (χ4n) is 3.18. The van der Waals surface area contributed by atoms with Crippen molar-refractivity contribution in [3.05, 3.63) is 69.8 Å². The highest BCUT2D eigenvalue weighted by Crippen LogP contribution is 2.38. The molecule has 124 valence electrons. The summed E-state index contributed by atoms with van der Waals surface area (Å²) in [5.74, 6) is -1.21. The summed E-state index contributed by atoms with van der Waals surface area (Å²) in [6.07, 6.45) is 0. The lowest BCUT2D eigenvalue weighted by Crippen LogP contribution is -2.47. The Balaban J connectivity index is 1.97. The van der Waals surface area contributed by atoms with Crippen molar-refractivity contribution < 1.29 is 14.7 Å². The maximum atomic E-state index is 12.8. The van der Waals surface area contributed by atoms with Gasteiger partial charge in [0.15, 0.2) is 5.11 Å². The normalized spacial score (nSPS) is 19.1. The zero-order valence-electron chi connectivity index (χ0n) is 12.7. The number of hydrogen-bond acceptors (Lipinski definition) is 4. The third kappa shape index (κ3) is 2.50. The van der Waals surface area contributed by atoms with E-state index in [4.69, 9.17) is 23.8 Å². The molecule has 0 aromatic heterocycles. The van der Waals surface area contributed by atoms with E-state index in [9.17, 15) is 14.7 Å². The van der Waals surface area contributed by atoms with Gasteiger partial charge in [-0.15, -0.1) is 0 Å². The Bertz CT molecular complexity index is 979. The number of phenols is 1. The number of carbonyl (C=O) groups is 2. The first-order valence-corrected chi connectivity index (χ1v) is 8.24. The molecule has 7 heteroatoms. The minimum Gasteiger partial charge on any atom is -0.508 e. The molecule has 1 atom stereocenters. The van der Waals surface area contributed by atoms with Crippen LogP contribution < -0.4 is 10.6 Å². The summed E-state index contributed by atoms with van der Waals surface area (Å²) < 4.78 is 0. The quantitative estimate of drug-likeness (QED) is 0.529. The first-order valence-electron chi connectivity index (χ1n) is 7.45. The van der Waals surface area contributed by atoms with E-state index < -0.39 is 17.6 Å². The second-order valence-electron chi connectivity index (χ2n) is 5.77. The fourth-order valence-corrected chi connectivity index (χ4v) is 3.64. The van der Waals surface area contributed by atoms with Gasteiger partial charge in [-0.05, 0) is 36.0 Å². The molecule has 4 rings (SSSR count). The number of Topliss-reactive ketones (excluding diaryl/α,β-unsaturated/α-hetero) is 2. The van der Waals surface area contributed by atoms with E-state index in [1.54, 1.807) is 30.3 Å². The average Bonchev–Trinajstić information content (AvgIpc) is 2.58. The van der Waals surface area contributed by atoms with Crippen LogP contribution in [0.5, 0.6) is 5.75 Å². The van der Waals surface area contributed by atoms with E-state index in [-0.39, 0.29) is 11.3 Å². The number of nitrogens with one attached hydrogen (secondary N) is 2. The number of benzene rings is 2. The highest BCUT2D eigenvalue weighted by molar-refractivity contribution is 7.80. The van der Waals surface area contributed by atoms with Crippen molar-refractivity contribution in [3.63, 3.8) is 0 Å². The molecule has 0 saturated heterocycles. The lowest BCUT2D eigenvalue weighted by Gasteiger charge is -2.34. The summed E-state index contributed by atoms with van der Waals surface area (Å²) in [5, 5.41) is 16.4. The lowest BCUT2D eigenvalue weighted by molar-refractivity contribution is -0.112. The molecule has 1 aliphatic carbocycles. The second-order valence-corrected chi connectivity index (χ2v) is 6.61. The number of aromatic hydroxyl groups is 1. The van der Waals surface area contributed by atoms with E-state index in [2.05, 4.69) is 10.6 Å². The van der Waals surface area contributed by atoms with Crippen molar-refractivity contribution in [2.45, 2.75) is 6.04 Å². The number of phenolic OH excluding ortho intramolecular Hbond substituents is 1. The van der Waals surface area contributed by atoms with Crippen LogP contribution in [0.1, 0.15) is 27.5 Å². The van der Waals surface area contributed by atoms with Crippen LogP contribution in [0.4, 0.5) is 0 Å². The lowest BCUT2D eigenvalue weighted by atomic mass is 9.81. The highest BCUT2D eigenvalue weighted by atomic mass is 35.5. The van der Waals surface area contributed by atoms with Crippen molar-refractivity contribution in [2.75, 3.05) is 0 Å². The van der Waals surface area contributed by atoms with Gasteiger partial charge in [0.05, 0.1) is 17.3 Å². The van der Waals surface area contributed by atoms with E-state index in [1.165, 1.54) is 12.1 Å². The molecule has 1 heterocycles. The van der Waals surface area contributed by atoms with Gasteiger partial charge in [0.1, 0.15) is 5.75 Å². The van der Waals surface area contributed by atoms with Gasteiger partial charge in [-0.25, -0.2) is 0 Å². The minimum atomic E-state index is -0.682. The molecule has 25 heavy (non-hydrogen) atoms. The zero-order valence-corrected chi connectivity index (χ0v) is 14.2. The molecule has 2 aliphatic rings. The molecule has 3 N–H and O–H groups in total. The first-order chi connectivity index (χ1) is 12.0. The molecule has 5 nitrogen and oxygen atoms in total. The standard InChI is InChI=1S/C18H11ClN2O3S/c19-9-5-8(6-10(22)7-9)14-13-15(21-18(25)20-14)11-3-1-2-4-12(11)16(23)17(13)24/h1-7,14,22H,(H2,20,21,25). The van der Waals surface area contributed by atoms with Gasteiger partial charge in [0, 0.05) is 16.1 Å². The van der Waals surface area contributed by atoms with Gasteiger partial charge >= 0.3 is 0 Å². The summed E-state index contributed by atoms with van der Waals surface area (Å²) in [4.78, 5) is 25.3. The smallest absolute Gasteiger partial charge is 0.234 e. The molecular weight excluding hydrogens is 360 g/mol. The monoisotopic (exact) mass is 370 g/mol. The number of carbonyl (C=O) groups excluding carboxylic acids is 2. The molecule has 0 bridgehead atoms. The molecule has 0 radical (unpaired) electrons. The summed E-state index contributed by atoms with van der Waals surface area (Å²) in [7, 11) is 0. The summed E-state index contributed by atoms with van der Waals surface area (Å²) in [5.41, 5.74) is 2.28. The summed E-state index contributed by atoms with van der Waals surface area (Å²) >= 11 is 11.3. The Hall–Kier alpha value is -2.70. The summed E-state index contributed by atoms with van der Waals surface area (Å²) in [6.45, 7) is 0. The van der Waals surface area contributed by atoms with Crippen molar-refractivity contribution in [3.8, 4) is 5.75 Å². The van der Waals surface area contributed by atoms with Crippen molar-refractivity contribution in [1.82, 2.24) is 10.6 Å². The average molecular weight is 371 g/mol. The Morgan fingerprint density at radius 3 is 2.48 bits per heavy atom. The van der Waals surface area contributed by atoms with Gasteiger partial charge in [-0.3, -0.25) is 9.59 Å². The molecule has 2 aromatic rings. The van der Waals surface area contributed by atoms with Crippen molar-refractivity contribution in [2.24, 2.45) is 0 Å². The second kappa shape index (κ2) is 5.68. The third-order valence-corrected chi connectivity index (χ3v) is 4.64. The largest absolute Gasteiger partial charge is 0.508 e. The SMILES string of the molecule is O=C1C(=O)c2ccccc2C2=C1C(c1cc(O)cc(Cl)c1)NC(=S)N2. The fraction of sp³-hybridized carbons (Fsp3) is 0.0556. The number of ketones is 2. The molecule has 1 aliphatic heterocycles. The summed E-state index contributed by atoms with van der Waals surface area (Å²) in [6, 6.07) is 10.7. The van der Waals surface area contributed by atoms with E-state index in [1.807, 2.05) is 0 Å². The number of hydrogen-bond donors (Lipinski definition) is 3. The molecule has 0 fully saturated rings. The van der Waals surface area contributed by atoms with Crippen LogP contribution in [0.2, 0.25) is 5.02 Å². The van der Waals surface area contributed by atoms with Crippen LogP contribution in [0.15, 0.2) is 48.0 Å². The Morgan fingerprint density at radius 1 is 1.04 bits per heavy atom. The first kappa shape index (κ1) is 15.8. The van der Waals surface area contributed by atoms with Crippen LogP contribution in [-0.2, 0) is 4.79 Å². The van der Waals surface area contributed by atoms with Gasteiger partial charge in [-0.1, -0.05) is 35.9 Å². The Morgan fingerprint density at radius 2 is 1.76 bits per heavy atom. The molecule has 0 amide bonds. The van der Waals surface area contributed by atoms with Crippen LogP contribution in [0.25, 0.3) is 5.70 Å². The predicted molar refractivity (Wildman–Crippen MR) is 97.4 cm³/mol. The third-order valence-electron chi connectivity index (χ3n) is 4.20. The van der Waals surface area contributed by atoms with E-state index in [0.29, 0.717) is 32.5 Å². The van der Waals surface area contributed by atoms with Crippen LogP contribution in [0.3, 0.4) is 0 Å². The van der Waals surface area contributed by atoms with Gasteiger partial charge in [0.25, 0.3) is 0 Å². The predicted octanol–water partition coefficient (Wildman–Crippen LogP) is 2.74. The zero-order chi connectivity index (χ0) is 17.7. The molecule has 0 saturated carbocycles. The Labute approximate surface area is 153 Å². The number of fused-ring (bicyclic) bond motifs is 2. The molecule has 0 spiro atoms. The van der Waals surface area contributed by atoms with Gasteiger partial charge in [0.2, 0.25) is 11.6 Å². The van der Waals surface area contributed by atoms with Crippen molar-refractivity contribution >= 4 is 46.2 Å². The Kier molecular flexibility index (Phi) is 3.59. The van der Waals surface area contributed by atoms with Gasteiger partial charge < -0.3 is 15.7 Å². The number of thiocarbonyl (C=S) groups is 1. The van der Waals surface area contributed by atoms with Crippen molar-refractivity contribution in [1.29, 1.82) is 0 Å². The maximum Gasteiger partial charge on any atom is 0.234 e. The molecule has 2 aromatic carbocycles. The number of rotatable bonds is 1. The van der Waals surface area contributed by atoms with Crippen LogP contribution >= 0.6 is 23.8 Å². The van der Waals surface area contributed by atoms with Crippen LogP contribution in [-0.4, -0.2) is 21.8 Å². The molecular formula is C18H11ClN2O3S.